The molecule has 0 saturated carbocycles. The molecule has 2 aliphatic heterocycles. The molecule has 2 aliphatic rings. The van der Waals surface area contributed by atoms with Crippen LogP contribution in [0.2, 0.25) is 0 Å². The van der Waals surface area contributed by atoms with Crippen LogP contribution in [0, 0.1) is 23.7 Å². The molecule has 0 unspecified atom stereocenters. The van der Waals surface area contributed by atoms with E-state index >= 15 is 0 Å². The Labute approximate surface area is 563 Å². The van der Waals surface area contributed by atoms with E-state index in [-0.39, 0.29) is 63.2 Å². The number of carbonyl (C=O) groups excluding carboxylic acids is 6. The first-order valence-corrected chi connectivity index (χ1v) is 32.0. The first-order valence-electron chi connectivity index (χ1n) is 30.7. The smallest absolute Gasteiger partial charge is 0.430 e. The van der Waals surface area contributed by atoms with Crippen molar-refractivity contribution in [2.45, 2.75) is 110 Å². The van der Waals surface area contributed by atoms with Gasteiger partial charge in [-0.25, -0.2) is 4.98 Å². The highest BCUT2D eigenvalue weighted by Crippen LogP contribution is 2.41. The average molecular weight is 1380 g/mol. The standard InChI is InChI=1S/C65H79F3N8O11S2.C2HF3O2/c1-43-57(89-42-71-43)47-14-12-44(13-15-47)39-70-59(79)54-37-52(87-56(78)26-30-82-32-34-84-35-33-83-31-27-76(7,8)9)40-73(54)60(80)58(63(2,3)4)72-55(77)41-85-28-10-11-29-86-51-24-19-46(20-25-51)45-16-21-49(22-17-45)75-62(88)74(61(81)64(75,5)6)50-23-18-48(38-69)53(36-50)65(66,67)68;3-2(4,5)1(6)7/h12-25,36,42,52,54,58H,10-11,26-35,37,39-41H2,1-9H3,(H-,70,72,77,79);(H,6,7)/t52-,54+,58-;/m1./s1. The summed E-state index contributed by atoms with van der Waals surface area (Å²) >= 11 is 7.24. The number of aliphatic carboxylic acids is 1. The Balaban J connectivity index is 0.00000197. The quantitative estimate of drug-likeness (QED) is 0.0144. The highest BCUT2D eigenvalue weighted by molar-refractivity contribution is 7.81. The fraction of sp³-hybridized carbons (Fsp3) is 0.478. The maximum Gasteiger partial charge on any atom is 0.430 e. The summed E-state index contributed by atoms with van der Waals surface area (Å²) in [5.41, 5.74) is 2.99. The molecule has 96 heavy (non-hydrogen) atoms. The molecule has 4 amide bonds. The number of carboxylic acids is 1. The lowest BCUT2D eigenvalue weighted by molar-refractivity contribution is -0.870. The number of carbonyl (C=O) groups is 6. The normalized spacial score (nSPS) is 16.0. The van der Waals surface area contributed by atoms with Crippen molar-refractivity contribution >= 4 is 75.6 Å². The van der Waals surface area contributed by atoms with Crippen molar-refractivity contribution in [2.24, 2.45) is 5.41 Å². The molecule has 3 atom stereocenters. The summed E-state index contributed by atoms with van der Waals surface area (Å²) < 4.78 is 108. The number of likely N-dealkylation sites (tertiary alicyclic amines) is 1. The molecule has 520 valence electrons. The fourth-order valence-electron chi connectivity index (χ4n) is 10.00. The maximum atomic E-state index is 14.6. The second-order valence-electron chi connectivity index (χ2n) is 25.1. The number of aryl methyl sites for hydroxylation is 1. The number of thiocarbonyl (C=S) groups is 1. The number of hydrogen-bond donors (Lipinski definition) is 2. The number of esters is 1. The van der Waals surface area contributed by atoms with E-state index in [1.807, 2.05) is 88.4 Å². The van der Waals surface area contributed by atoms with Crippen molar-refractivity contribution in [2.75, 3.05) is 103 Å². The van der Waals surface area contributed by atoms with E-state index in [9.17, 15) is 55.6 Å². The minimum absolute atomic E-state index is 0.00502. The maximum absolute atomic E-state index is 14.6. The molecule has 3 heterocycles. The number of amides is 4. The number of unbranched alkanes of at least 4 members (excludes halogenated alkanes) is 1. The number of nitrogens with zero attached hydrogens (tertiary/aromatic N) is 6. The Morgan fingerprint density at radius 2 is 1.38 bits per heavy atom. The van der Waals surface area contributed by atoms with Crippen molar-refractivity contribution in [1.29, 1.82) is 5.26 Å². The molecular formula is C67H80F6N8O13S2. The summed E-state index contributed by atoms with van der Waals surface area (Å²) in [5, 5.41) is 23.9. The van der Waals surface area contributed by atoms with Gasteiger partial charge in [-0.2, -0.15) is 31.6 Å². The summed E-state index contributed by atoms with van der Waals surface area (Å²) in [7, 11) is 6.29. The van der Waals surface area contributed by atoms with Gasteiger partial charge in [0.1, 0.15) is 48.6 Å². The molecule has 0 radical (unpaired) electrons. The van der Waals surface area contributed by atoms with Crippen LogP contribution in [0.25, 0.3) is 21.6 Å². The van der Waals surface area contributed by atoms with E-state index in [2.05, 4.69) is 36.8 Å². The van der Waals surface area contributed by atoms with Gasteiger partial charge >= 0.3 is 18.3 Å². The summed E-state index contributed by atoms with van der Waals surface area (Å²) in [6.45, 7) is 14.2. The van der Waals surface area contributed by atoms with Gasteiger partial charge in [-0.3, -0.25) is 28.9 Å². The summed E-state index contributed by atoms with van der Waals surface area (Å²) in [6.07, 6.45) is -9.63. The second kappa shape index (κ2) is 34.2. The molecule has 0 spiro atoms. The average Bonchev–Trinajstić information content (AvgIpc) is 1.58. The van der Waals surface area contributed by atoms with Gasteiger partial charge < -0.3 is 63.2 Å². The van der Waals surface area contributed by atoms with Gasteiger partial charge in [0.2, 0.25) is 17.7 Å². The topological polar surface area (TPSA) is 251 Å². The van der Waals surface area contributed by atoms with Gasteiger partial charge in [-0.1, -0.05) is 69.3 Å². The monoisotopic (exact) mass is 1380 g/mol. The van der Waals surface area contributed by atoms with Crippen LogP contribution in [0.15, 0.2) is 96.5 Å². The third-order valence-corrected chi connectivity index (χ3v) is 16.5. The number of anilines is 2. The van der Waals surface area contributed by atoms with Crippen molar-refractivity contribution in [3.8, 4) is 33.4 Å². The molecule has 4 aromatic carbocycles. The van der Waals surface area contributed by atoms with Crippen LogP contribution >= 0.6 is 23.6 Å². The molecule has 29 heteroatoms. The third-order valence-electron chi connectivity index (χ3n) is 15.2. The number of nitriles is 1. The van der Waals surface area contributed by atoms with Crippen LogP contribution in [0.5, 0.6) is 5.75 Å². The van der Waals surface area contributed by atoms with Crippen molar-refractivity contribution in [3.05, 3.63) is 119 Å². The highest BCUT2D eigenvalue weighted by Gasteiger charge is 2.51. The van der Waals surface area contributed by atoms with Crippen LogP contribution in [0.3, 0.4) is 0 Å². The zero-order valence-corrected chi connectivity index (χ0v) is 56.5. The van der Waals surface area contributed by atoms with Gasteiger partial charge in [-0.05, 0) is 116 Å². The molecular weight excluding hydrogens is 1300 g/mol. The van der Waals surface area contributed by atoms with Crippen LogP contribution in [0.1, 0.15) is 82.7 Å². The van der Waals surface area contributed by atoms with Crippen LogP contribution in [0.4, 0.5) is 37.7 Å². The molecule has 1 aromatic heterocycles. The minimum Gasteiger partial charge on any atom is -0.542 e. The van der Waals surface area contributed by atoms with Gasteiger partial charge in [-0.15, -0.1) is 11.3 Å². The number of carboxylic acid groups (broad SMARTS) is 1. The first-order chi connectivity index (χ1) is 45.1. The number of halogens is 6. The first kappa shape index (κ1) is 76.9. The summed E-state index contributed by atoms with van der Waals surface area (Å²) in [5.74, 6) is -4.90. The Morgan fingerprint density at radius 3 is 1.94 bits per heavy atom. The third kappa shape index (κ3) is 22.2. The molecule has 0 aliphatic carbocycles. The fourth-order valence-corrected chi connectivity index (χ4v) is 11.3. The van der Waals surface area contributed by atoms with Crippen molar-refractivity contribution < 1.29 is 93.1 Å². The number of hydrogen-bond acceptors (Lipinski definition) is 17. The van der Waals surface area contributed by atoms with E-state index in [1.54, 1.807) is 53.8 Å². The minimum atomic E-state index is -5.19. The van der Waals surface area contributed by atoms with E-state index < -0.39 is 88.2 Å². The van der Waals surface area contributed by atoms with Crippen molar-refractivity contribution in [1.82, 2.24) is 20.5 Å². The Kier molecular flexibility index (Phi) is 27.4. The van der Waals surface area contributed by atoms with Crippen molar-refractivity contribution in [3.63, 3.8) is 0 Å². The Morgan fingerprint density at radius 1 is 0.802 bits per heavy atom. The van der Waals surface area contributed by atoms with Gasteiger partial charge in [0.25, 0.3) is 5.91 Å². The molecule has 0 bridgehead atoms. The molecule has 2 fully saturated rings. The van der Waals surface area contributed by atoms with Gasteiger partial charge in [0.15, 0.2) is 5.11 Å². The zero-order chi connectivity index (χ0) is 70.8. The molecule has 5 aromatic rings. The molecule has 7 rings (SSSR count). The predicted octanol–water partition coefficient (Wildman–Crippen LogP) is 8.57. The molecule has 2 N–H and O–H groups in total. The van der Waals surface area contributed by atoms with E-state index in [0.717, 1.165) is 60.9 Å². The number of likely N-dealkylation sites (N-methyl/N-ethyl adjacent to an activating group) is 1. The number of quaternary nitrogens is 1. The number of rotatable bonds is 30. The van der Waals surface area contributed by atoms with Gasteiger partial charge in [0.05, 0.1) is 119 Å². The largest absolute Gasteiger partial charge is 0.542 e. The van der Waals surface area contributed by atoms with Gasteiger partial charge in [0, 0.05) is 25.3 Å². The Bertz CT molecular complexity index is 3520. The number of aromatic nitrogens is 1. The van der Waals surface area contributed by atoms with E-state index in [1.165, 1.54) is 11.0 Å². The molecule has 2 saturated heterocycles. The number of benzene rings is 4. The number of alkyl halides is 6. The van der Waals surface area contributed by atoms with Crippen LogP contribution < -0.4 is 30.3 Å². The Hall–Kier alpha value is -8.11. The van der Waals surface area contributed by atoms with E-state index in [0.29, 0.717) is 57.3 Å². The lowest BCUT2D eigenvalue weighted by Crippen LogP contribution is -2.58. The second-order valence-corrected chi connectivity index (χ2v) is 26.3. The summed E-state index contributed by atoms with van der Waals surface area (Å²) in [4.78, 5) is 87.2. The van der Waals surface area contributed by atoms with Crippen LogP contribution in [-0.4, -0.2) is 179 Å². The molecule has 21 nitrogen and oxygen atoms in total. The zero-order valence-electron chi connectivity index (χ0n) is 54.9. The van der Waals surface area contributed by atoms with Crippen LogP contribution in [-0.2, 0) is 65.2 Å². The summed E-state index contributed by atoms with van der Waals surface area (Å²) in [6, 6.07) is 25.0. The lowest BCUT2D eigenvalue weighted by Gasteiger charge is -2.35. The SMILES string of the molecule is Cc1ncsc1-c1ccc(CNC(=O)[C@@H]2C[C@@H](OC(=O)CCOCCOCCOCC[N+](C)(C)C)CN2C(=O)[C@@H](NC(=O)COCCCCOc2ccc(-c3ccc(N4C(=S)N(c5ccc(C#N)c(C(F)(F)F)c5)C(=O)C4(C)C)cc3)cc2)C(C)(C)C)cc1.O=C([O-])C(F)(F)F. The predicted molar refractivity (Wildman–Crippen MR) is 347 cm³/mol. The number of thiazole rings is 1. The lowest BCUT2D eigenvalue weighted by atomic mass is 9.85. The highest BCUT2D eigenvalue weighted by atomic mass is 32.1. The number of nitrogens with one attached hydrogen (secondary N) is 2. The van der Waals surface area contributed by atoms with E-state index in [4.69, 9.17) is 50.5 Å². The number of ether oxygens (including phenoxy) is 6.